The minimum absolute atomic E-state index is 0.0340. The van der Waals surface area contributed by atoms with Gasteiger partial charge in [-0.05, 0) is 24.3 Å². The molecule has 24 heavy (non-hydrogen) atoms. The van der Waals surface area contributed by atoms with Crippen LogP contribution in [0.15, 0.2) is 48.9 Å². The summed E-state index contributed by atoms with van der Waals surface area (Å²) in [6.45, 7) is 2.26. The molecule has 128 valence electrons. The molecule has 0 atom stereocenters. The fourth-order valence-electron chi connectivity index (χ4n) is 2.91. The van der Waals surface area contributed by atoms with Gasteiger partial charge in [0, 0.05) is 32.0 Å². The SMILES string of the molecule is O=S(=O)(Cc1ccccc1)NCC1CCN(c2cnccn2)CC1. The first kappa shape index (κ1) is 16.9. The molecule has 1 aliphatic heterocycles. The maximum Gasteiger partial charge on any atom is 0.215 e. The summed E-state index contributed by atoms with van der Waals surface area (Å²) in [4.78, 5) is 10.6. The topological polar surface area (TPSA) is 75.2 Å². The van der Waals surface area contributed by atoms with E-state index < -0.39 is 10.0 Å². The highest BCUT2D eigenvalue weighted by Gasteiger charge is 2.22. The van der Waals surface area contributed by atoms with Gasteiger partial charge in [-0.25, -0.2) is 18.1 Å². The van der Waals surface area contributed by atoms with Crippen molar-refractivity contribution in [2.45, 2.75) is 18.6 Å². The summed E-state index contributed by atoms with van der Waals surface area (Å²) in [5.41, 5.74) is 0.808. The van der Waals surface area contributed by atoms with Crippen LogP contribution in [0.2, 0.25) is 0 Å². The Hall–Kier alpha value is -1.99. The molecular formula is C17H22N4O2S. The predicted octanol–water partition coefficient (Wildman–Crippen LogP) is 1.81. The van der Waals surface area contributed by atoms with Crippen LogP contribution in [-0.2, 0) is 15.8 Å². The summed E-state index contributed by atoms with van der Waals surface area (Å²) in [6, 6.07) is 9.26. The number of anilines is 1. The van der Waals surface area contributed by atoms with Gasteiger partial charge in [0.05, 0.1) is 11.9 Å². The molecule has 2 aromatic rings. The van der Waals surface area contributed by atoms with E-state index in [0.717, 1.165) is 37.3 Å². The van der Waals surface area contributed by atoms with Crippen molar-refractivity contribution >= 4 is 15.8 Å². The molecule has 1 saturated heterocycles. The number of aromatic nitrogens is 2. The van der Waals surface area contributed by atoms with Crippen LogP contribution in [0.25, 0.3) is 0 Å². The third-order valence-corrected chi connectivity index (χ3v) is 5.60. The number of nitrogens with one attached hydrogen (secondary N) is 1. The molecule has 0 saturated carbocycles. The average Bonchev–Trinajstić information content (AvgIpc) is 2.62. The summed E-state index contributed by atoms with van der Waals surface area (Å²) < 4.78 is 27.1. The lowest BCUT2D eigenvalue weighted by Gasteiger charge is -2.32. The number of nitrogens with zero attached hydrogens (tertiary/aromatic N) is 3. The van der Waals surface area contributed by atoms with Crippen molar-refractivity contribution in [2.75, 3.05) is 24.5 Å². The number of benzene rings is 1. The lowest BCUT2D eigenvalue weighted by atomic mass is 9.97. The largest absolute Gasteiger partial charge is 0.355 e. The van der Waals surface area contributed by atoms with Crippen molar-refractivity contribution in [3.05, 3.63) is 54.5 Å². The smallest absolute Gasteiger partial charge is 0.215 e. The first-order chi connectivity index (χ1) is 11.6. The Labute approximate surface area is 143 Å². The van der Waals surface area contributed by atoms with Gasteiger partial charge in [0.2, 0.25) is 10.0 Å². The third-order valence-electron chi connectivity index (χ3n) is 4.28. The zero-order chi connectivity index (χ0) is 16.8. The van der Waals surface area contributed by atoms with Crippen LogP contribution in [0.1, 0.15) is 18.4 Å². The number of piperidine rings is 1. The van der Waals surface area contributed by atoms with Crippen LogP contribution in [0.5, 0.6) is 0 Å². The van der Waals surface area contributed by atoms with Crippen molar-refractivity contribution in [1.82, 2.24) is 14.7 Å². The second-order valence-corrected chi connectivity index (χ2v) is 7.89. The molecule has 3 rings (SSSR count). The molecule has 6 nitrogen and oxygen atoms in total. The van der Waals surface area contributed by atoms with Crippen molar-refractivity contribution in [2.24, 2.45) is 5.92 Å². The zero-order valence-corrected chi connectivity index (χ0v) is 14.3. The van der Waals surface area contributed by atoms with E-state index in [1.165, 1.54) is 0 Å². The minimum Gasteiger partial charge on any atom is -0.355 e. The Bertz CT molecular complexity index is 730. The maximum atomic E-state index is 12.2. The van der Waals surface area contributed by atoms with Gasteiger partial charge >= 0.3 is 0 Å². The van der Waals surface area contributed by atoms with E-state index in [1.807, 2.05) is 30.3 Å². The molecule has 0 unspecified atom stereocenters. The molecule has 1 aromatic heterocycles. The molecule has 0 bridgehead atoms. The van der Waals surface area contributed by atoms with Gasteiger partial charge in [-0.3, -0.25) is 4.98 Å². The quantitative estimate of drug-likeness (QED) is 0.863. The molecule has 0 radical (unpaired) electrons. The summed E-state index contributed by atoms with van der Waals surface area (Å²) in [7, 11) is -3.29. The fourth-order valence-corrected chi connectivity index (χ4v) is 4.13. The van der Waals surface area contributed by atoms with Crippen molar-refractivity contribution in [3.8, 4) is 0 Å². The molecule has 1 aromatic carbocycles. The molecule has 0 amide bonds. The Kier molecular flexibility index (Phi) is 5.42. The normalized spacial score (nSPS) is 16.2. The number of sulfonamides is 1. The van der Waals surface area contributed by atoms with Crippen LogP contribution in [0.4, 0.5) is 5.82 Å². The fraction of sp³-hybridized carbons (Fsp3) is 0.412. The molecule has 2 heterocycles. The summed E-state index contributed by atoms with van der Waals surface area (Å²) in [5, 5.41) is 0. The summed E-state index contributed by atoms with van der Waals surface area (Å²) in [5.74, 6) is 1.29. The standard InChI is InChI=1S/C17H22N4O2S/c22-24(23,14-16-4-2-1-3-5-16)20-12-15-6-10-21(11-7-15)17-13-18-8-9-19-17/h1-5,8-9,13,15,20H,6-7,10-12,14H2. The van der Waals surface area contributed by atoms with E-state index in [4.69, 9.17) is 0 Å². The summed E-state index contributed by atoms with van der Waals surface area (Å²) in [6.07, 6.45) is 7.02. The van der Waals surface area contributed by atoms with Gasteiger partial charge < -0.3 is 4.90 Å². The minimum atomic E-state index is -3.29. The van der Waals surface area contributed by atoms with Gasteiger partial charge in [-0.1, -0.05) is 30.3 Å². The highest BCUT2D eigenvalue weighted by molar-refractivity contribution is 7.88. The lowest BCUT2D eigenvalue weighted by molar-refractivity contribution is 0.400. The lowest BCUT2D eigenvalue weighted by Crippen LogP contribution is -2.39. The van der Waals surface area contributed by atoms with Crippen molar-refractivity contribution < 1.29 is 8.42 Å². The van der Waals surface area contributed by atoms with Gasteiger partial charge in [-0.15, -0.1) is 0 Å². The highest BCUT2D eigenvalue weighted by Crippen LogP contribution is 2.20. The third kappa shape index (κ3) is 4.75. The van der Waals surface area contributed by atoms with Gasteiger partial charge in [0.15, 0.2) is 0 Å². The maximum absolute atomic E-state index is 12.2. The Morgan fingerprint density at radius 1 is 1.12 bits per heavy atom. The van der Waals surface area contributed by atoms with E-state index in [-0.39, 0.29) is 5.75 Å². The van der Waals surface area contributed by atoms with Gasteiger partial charge in [-0.2, -0.15) is 0 Å². The van der Waals surface area contributed by atoms with Gasteiger partial charge in [0.1, 0.15) is 5.82 Å². The monoisotopic (exact) mass is 346 g/mol. The van der Waals surface area contributed by atoms with Crippen LogP contribution in [0, 0.1) is 5.92 Å². The van der Waals surface area contributed by atoms with Crippen molar-refractivity contribution in [1.29, 1.82) is 0 Å². The molecular weight excluding hydrogens is 324 g/mol. The van der Waals surface area contributed by atoms with Crippen LogP contribution in [-0.4, -0.2) is 38.0 Å². The van der Waals surface area contributed by atoms with E-state index in [9.17, 15) is 8.42 Å². The van der Waals surface area contributed by atoms with Crippen LogP contribution >= 0.6 is 0 Å². The first-order valence-electron chi connectivity index (χ1n) is 8.14. The predicted molar refractivity (Wildman–Crippen MR) is 94.0 cm³/mol. The average molecular weight is 346 g/mol. The first-order valence-corrected chi connectivity index (χ1v) is 9.80. The second kappa shape index (κ2) is 7.72. The molecule has 0 spiro atoms. The van der Waals surface area contributed by atoms with Crippen LogP contribution in [0.3, 0.4) is 0 Å². The molecule has 1 N–H and O–H groups in total. The van der Waals surface area contributed by atoms with E-state index >= 15 is 0 Å². The zero-order valence-electron chi connectivity index (χ0n) is 13.5. The highest BCUT2D eigenvalue weighted by atomic mass is 32.2. The molecule has 0 aliphatic carbocycles. The van der Waals surface area contributed by atoms with E-state index in [1.54, 1.807) is 18.6 Å². The number of hydrogen-bond donors (Lipinski definition) is 1. The second-order valence-electron chi connectivity index (χ2n) is 6.09. The van der Waals surface area contributed by atoms with Crippen molar-refractivity contribution in [3.63, 3.8) is 0 Å². The summed E-state index contributed by atoms with van der Waals surface area (Å²) >= 11 is 0. The Morgan fingerprint density at radius 2 is 1.88 bits per heavy atom. The van der Waals surface area contributed by atoms with Crippen LogP contribution < -0.4 is 9.62 Å². The van der Waals surface area contributed by atoms with E-state index in [0.29, 0.717) is 12.5 Å². The molecule has 1 aliphatic rings. The number of hydrogen-bond acceptors (Lipinski definition) is 5. The molecule has 7 heteroatoms. The number of rotatable bonds is 6. The van der Waals surface area contributed by atoms with E-state index in [2.05, 4.69) is 19.6 Å². The molecule has 1 fully saturated rings. The Morgan fingerprint density at radius 3 is 2.54 bits per heavy atom. The van der Waals surface area contributed by atoms with Gasteiger partial charge in [0.25, 0.3) is 0 Å². The Balaban J connectivity index is 1.46.